The topological polar surface area (TPSA) is 49.6 Å². The zero-order valence-electron chi connectivity index (χ0n) is 17.7. The molecule has 0 unspecified atom stereocenters. The number of amides is 1. The number of aromatic nitrogens is 2. The Morgan fingerprint density at radius 1 is 1.13 bits per heavy atom. The van der Waals surface area contributed by atoms with E-state index in [1.54, 1.807) is 11.3 Å². The van der Waals surface area contributed by atoms with Crippen molar-refractivity contribution in [3.05, 3.63) is 71.4 Å². The molecule has 6 heteroatoms. The Morgan fingerprint density at radius 3 is 2.84 bits per heavy atom. The number of fused-ring (bicyclic) bond motifs is 1. The SMILES string of the molecule is Cc1cccc(-c2ncc3ccc(-c4cc(C(=O)NCCN5CCCC5)cs4)cn23)c1. The summed E-state index contributed by atoms with van der Waals surface area (Å²) in [7, 11) is 0. The number of carbonyl (C=O) groups excluding carboxylic acids is 1. The summed E-state index contributed by atoms with van der Waals surface area (Å²) in [6.45, 7) is 6.03. The molecule has 1 aromatic carbocycles. The summed E-state index contributed by atoms with van der Waals surface area (Å²) < 4.78 is 2.12. The van der Waals surface area contributed by atoms with Crippen LogP contribution in [0.1, 0.15) is 28.8 Å². The molecule has 4 aromatic rings. The van der Waals surface area contributed by atoms with E-state index in [2.05, 4.69) is 69.1 Å². The first kappa shape index (κ1) is 20.0. The number of carbonyl (C=O) groups is 1. The van der Waals surface area contributed by atoms with Crippen molar-refractivity contribution in [2.75, 3.05) is 26.2 Å². The van der Waals surface area contributed by atoms with Crippen LogP contribution in [-0.4, -0.2) is 46.4 Å². The smallest absolute Gasteiger partial charge is 0.252 e. The number of aryl methyl sites for hydroxylation is 1. The third-order valence-corrected chi connectivity index (χ3v) is 6.84. The van der Waals surface area contributed by atoms with E-state index in [0.717, 1.165) is 52.5 Å². The summed E-state index contributed by atoms with van der Waals surface area (Å²) in [5, 5.41) is 5.01. The summed E-state index contributed by atoms with van der Waals surface area (Å²) in [5.41, 5.74) is 5.17. The number of likely N-dealkylation sites (tertiary alicyclic amines) is 1. The van der Waals surface area contributed by atoms with Gasteiger partial charge in [0.25, 0.3) is 5.91 Å². The number of nitrogens with zero attached hydrogens (tertiary/aromatic N) is 3. The first-order valence-electron chi connectivity index (χ1n) is 10.8. The van der Waals surface area contributed by atoms with E-state index in [1.807, 2.05) is 17.6 Å². The van der Waals surface area contributed by atoms with Gasteiger partial charge >= 0.3 is 0 Å². The molecule has 158 valence electrons. The minimum absolute atomic E-state index is 0.00542. The molecular formula is C25H26N4OS. The molecule has 31 heavy (non-hydrogen) atoms. The number of nitrogens with one attached hydrogen (secondary N) is 1. The second kappa shape index (κ2) is 8.65. The predicted octanol–water partition coefficient (Wildman–Crippen LogP) is 4.86. The molecule has 1 aliphatic rings. The van der Waals surface area contributed by atoms with Crippen LogP contribution in [0.4, 0.5) is 0 Å². The van der Waals surface area contributed by atoms with Crippen LogP contribution in [0.15, 0.2) is 60.2 Å². The van der Waals surface area contributed by atoms with Crippen molar-refractivity contribution in [2.45, 2.75) is 19.8 Å². The lowest BCUT2D eigenvalue weighted by Gasteiger charge is -2.14. The van der Waals surface area contributed by atoms with Crippen molar-refractivity contribution in [3.63, 3.8) is 0 Å². The fourth-order valence-corrected chi connectivity index (χ4v) is 5.06. The molecule has 1 amide bonds. The van der Waals surface area contributed by atoms with Gasteiger partial charge in [0.15, 0.2) is 0 Å². The third kappa shape index (κ3) is 4.27. The van der Waals surface area contributed by atoms with Crippen LogP contribution >= 0.6 is 11.3 Å². The Bertz CT molecular complexity index is 1220. The number of hydrogen-bond donors (Lipinski definition) is 1. The van der Waals surface area contributed by atoms with Gasteiger partial charge < -0.3 is 10.2 Å². The van der Waals surface area contributed by atoms with Crippen molar-refractivity contribution in [2.24, 2.45) is 0 Å². The van der Waals surface area contributed by atoms with Gasteiger partial charge in [-0.1, -0.05) is 23.8 Å². The average Bonchev–Trinajstić information content (AvgIpc) is 3.53. The molecule has 1 N–H and O–H groups in total. The van der Waals surface area contributed by atoms with E-state index in [1.165, 1.54) is 18.4 Å². The van der Waals surface area contributed by atoms with E-state index in [0.29, 0.717) is 6.54 Å². The normalized spacial score (nSPS) is 14.4. The second-order valence-electron chi connectivity index (χ2n) is 8.17. The molecule has 0 saturated carbocycles. The van der Waals surface area contributed by atoms with Crippen molar-refractivity contribution in [3.8, 4) is 21.8 Å². The van der Waals surface area contributed by atoms with Crippen molar-refractivity contribution >= 4 is 22.8 Å². The molecule has 1 aliphatic heterocycles. The Kier molecular flexibility index (Phi) is 5.57. The number of pyridine rings is 1. The lowest BCUT2D eigenvalue weighted by Crippen LogP contribution is -2.33. The van der Waals surface area contributed by atoms with E-state index >= 15 is 0 Å². The highest BCUT2D eigenvalue weighted by Gasteiger charge is 2.14. The first-order valence-corrected chi connectivity index (χ1v) is 11.7. The zero-order valence-corrected chi connectivity index (χ0v) is 18.5. The van der Waals surface area contributed by atoms with Gasteiger partial charge in [0.05, 0.1) is 17.3 Å². The van der Waals surface area contributed by atoms with Crippen LogP contribution in [-0.2, 0) is 0 Å². The molecule has 1 saturated heterocycles. The number of hydrogen-bond acceptors (Lipinski definition) is 4. The van der Waals surface area contributed by atoms with Crippen LogP contribution in [0.5, 0.6) is 0 Å². The maximum atomic E-state index is 12.6. The van der Waals surface area contributed by atoms with E-state index in [-0.39, 0.29) is 5.91 Å². The third-order valence-electron chi connectivity index (χ3n) is 5.86. The van der Waals surface area contributed by atoms with Crippen LogP contribution in [0.25, 0.3) is 27.3 Å². The van der Waals surface area contributed by atoms with Gasteiger partial charge in [0.1, 0.15) is 5.82 Å². The molecule has 3 aromatic heterocycles. The standard InChI is InChI=1S/C25H26N4OS/c1-18-5-4-6-19(13-18)24-27-15-22-8-7-20(16-29(22)24)23-14-21(17-31-23)25(30)26-9-12-28-10-2-3-11-28/h4-8,13-17H,2-3,9-12H2,1H3,(H,26,30). The molecule has 0 aliphatic carbocycles. The Morgan fingerprint density at radius 2 is 2.00 bits per heavy atom. The van der Waals surface area contributed by atoms with Gasteiger partial charge in [-0.2, -0.15) is 0 Å². The summed E-state index contributed by atoms with van der Waals surface area (Å²) in [6, 6.07) is 14.5. The Labute approximate surface area is 186 Å². The second-order valence-corrected chi connectivity index (χ2v) is 9.08. The molecule has 0 spiro atoms. The van der Waals surface area contributed by atoms with E-state index < -0.39 is 0 Å². The fourth-order valence-electron chi connectivity index (χ4n) is 4.18. The minimum atomic E-state index is 0.00542. The zero-order chi connectivity index (χ0) is 21.2. The maximum Gasteiger partial charge on any atom is 0.252 e. The summed E-state index contributed by atoms with van der Waals surface area (Å²) in [4.78, 5) is 20.7. The van der Waals surface area contributed by atoms with Gasteiger partial charge in [-0.3, -0.25) is 9.20 Å². The number of benzene rings is 1. The monoisotopic (exact) mass is 430 g/mol. The van der Waals surface area contributed by atoms with Crippen LogP contribution in [0.3, 0.4) is 0 Å². The highest BCUT2D eigenvalue weighted by Crippen LogP contribution is 2.29. The number of imidazole rings is 1. The molecular weight excluding hydrogens is 404 g/mol. The number of rotatable bonds is 6. The van der Waals surface area contributed by atoms with Gasteiger partial charge in [0.2, 0.25) is 0 Å². The molecule has 0 atom stereocenters. The Balaban J connectivity index is 1.34. The maximum absolute atomic E-state index is 12.6. The highest BCUT2D eigenvalue weighted by atomic mass is 32.1. The summed E-state index contributed by atoms with van der Waals surface area (Å²) in [6.07, 6.45) is 6.55. The van der Waals surface area contributed by atoms with Gasteiger partial charge in [-0.25, -0.2) is 4.98 Å². The Hall–Kier alpha value is -2.96. The van der Waals surface area contributed by atoms with E-state index in [4.69, 9.17) is 0 Å². The van der Waals surface area contributed by atoms with Crippen LogP contribution in [0.2, 0.25) is 0 Å². The van der Waals surface area contributed by atoms with Crippen LogP contribution in [0, 0.1) is 6.92 Å². The number of thiophene rings is 1. The highest BCUT2D eigenvalue weighted by molar-refractivity contribution is 7.13. The van der Waals surface area contributed by atoms with E-state index in [9.17, 15) is 4.79 Å². The summed E-state index contributed by atoms with van der Waals surface area (Å²) >= 11 is 1.60. The minimum Gasteiger partial charge on any atom is -0.351 e. The molecule has 1 fully saturated rings. The van der Waals surface area contributed by atoms with Gasteiger partial charge in [-0.05, 0) is 57.1 Å². The van der Waals surface area contributed by atoms with Gasteiger partial charge in [-0.15, -0.1) is 11.3 Å². The average molecular weight is 431 g/mol. The molecule has 5 rings (SSSR count). The van der Waals surface area contributed by atoms with Crippen molar-refractivity contribution in [1.29, 1.82) is 0 Å². The van der Waals surface area contributed by atoms with Gasteiger partial charge in [0, 0.05) is 40.7 Å². The fraction of sp³-hybridized carbons (Fsp3) is 0.280. The summed E-state index contributed by atoms with van der Waals surface area (Å²) in [5.74, 6) is 0.933. The van der Waals surface area contributed by atoms with Crippen molar-refractivity contribution in [1.82, 2.24) is 19.6 Å². The lowest BCUT2D eigenvalue weighted by molar-refractivity contribution is 0.0950. The predicted molar refractivity (Wildman–Crippen MR) is 127 cm³/mol. The van der Waals surface area contributed by atoms with Crippen LogP contribution < -0.4 is 5.32 Å². The van der Waals surface area contributed by atoms with Crippen molar-refractivity contribution < 1.29 is 4.79 Å². The quantitative estimate of drug-likeness (QED) is 0.475. The molecule has 0 bridgehead atoms. The largest absolute Gasteiger partial charge is 0.351 e. The molecule has 5 nitrogen and oxygen atoms in total. The molecule has 4 heterocycles. The molecule has 0 radical (unpaired) electrons. The first-order chi connectivity index (χ1) is 15.2. The lowest BCUT2D eigenvalue weighted by atomic mass is 10.1.